The second kappa shape index (κ2) is 16.3. The number of cyclic esters (lactones) is 1. The van der Waals surface area contributed by atoms with Gasteiger partial charge < -0.3 is 58.9 Å². The molecule has 292 valence electrons. The monoisotopic (exact) mass is 725 g/mol. The van der Waals surface area contributed by atoms with Gasteiger partial charge in [-0.2, -0.15) is 0 Å². The van der Waals surface area contributed by atoms with Crippen LogP contribution in [0.5, 0.6) is 0 Å². The molecule has 0 unspecified atom stereocenters. The average molecular weight is 726 g/mol. The normalized spacial score (nSPS) is 48.5. The van der Waals surface area contributed by atoms with Gasteiger partial charge in [0.2, 0.25) is 0 Å². The van der Waals surface area contributed by atoms with E-state index < -0.39 is 102 Å². The van der Waals surface area contributed by atoms with E-state index in [9.17, 15) is 25.2 Å². The van der Waals surface area contributed by atoms with Gasteiger partial charge in [-0.05, 0) is 66.9 Å². The van der Waals surface area contributed by atoms with Gasteiger partial charge in [-0.3, -0.25) is 4.79 Å². The third-order valence-corrected chi connectivity index (χ3v) is 11.8. The summed E-state index contributed by atoms with van der Waals surface area (Å²) in [6.45, 7) is 18.0. The van der Waals surface area contributed by atoms with Crippen molar-refractivity contribution in [1.29, 1.82) is 0 Å². The van der Waals surface area contributed by atoms with Gasteiger partial charge in [0.25, 0.3) is 0 Å². The standard InChI is InChI=1S/C38H63NO12/c1-13-15-39-25-16-20(4)46-35(28(25)40)50-33-22(6)30(49-27-18-36(9,45-12)32(42)24(8)47-27)23(7)34(43)48-26(14-2)38(11,44)31(41)21(5)29-19(3)17-37(33,10)51-29/h1,20-28,30-33,35,39-42,44H,14-18H2,2-12H3/t20-,21+,22+,23-,24+,25+,26-,27+,28-,30+,31-,32+,33-,35+,36-,37-,38-/m1/s1. The zero-order valence-corrected chi connectivity index (χ0v) is 32.3. The van der Waals surface area contributed by atoms with Crippen LogP contribution in [0.2, 0.25) is 0 Å². The molecule has 0 aromatic carbocycles. The summed E-state index contributed by atoms with van der Waals surface area (Å²) in [5, 5.41) is 49.0. The molecule has 0 amide bonds. The number of carbonyl (C=O) groups excluding carboxylic acids is 1. The van der Waals surface area contributed by atoms with E-state index in [-0.39, 0.29) is 25.5 Å². The van der Waals surface area contributed by atoms with Crippen molar-refractivity contribution in [1.82, 2.24) is 5.32 Å². The molecule has 4 rings (SSSR count). The molecule has 17 atom stereocenters. The number of hydrogen-bond acceptors (Lipinski definition) is 13. The molecule has 4 aliphatic heterocycles. The SMILES string of the molecule is C#CCN[C@H]1C[C@@H](C)O[C@@H](O[C@@H]2[C@@H](C)[C@H](O[C@H]3C[C@@](C)(OC)[C@@H](O)[C@H](C)O3)[C@@H](C)C(=O)O[C@H](CC)[C@@](C)(O)[C@H](O)[C@@H](C)C3=C(C)C[C@@]2(C)O3)[C@@H]1O. The number of esters is 1. The third-order valence-electron chi connectivity index (χ3n) is 11.8. The van der Waals surface area contributed by atoms with Gasteiger partial charge >= 0.3 is 5.97 Å². The van der Waals surface area contributed by atoms with Crippen LogP contribution in [0.25, 0.3) is 0 Å². The van der Waals surface area contributed by atoms with Crippen LogP contribution in [0, 0.1) is 30.1 Å². The minimum absolute atomic E-state index is 0.157. The summed E-state index contributed by atoms with van der Waals surface area (Å²) in [7, 11) is 1.52. The van der Waals surface area contributed by atoms with E-state index in [1.54, 1.807) is 34.6 Å². The minimum atomic E-state index is -1.83. The summed E-state index contributed by atoms with van der Waals surface area (Å²) in [6, 6.07) is -0.410. The van der Waals surface area contributed by atoms with E-state index in [0.29, 0.717) is 18.6 Å². The maximum atomic E-state index is 14.1. The van der Waals surface area contributed by atoms with Crippen molar-refractivity contribution < 1.29 is 58.4 Å². The maximum absolute atomic E-state index is 14.1. The molecular formula is C38H63NO12. The molecule has 4 heterocycles. The molecule has 0 aliphatic carbocycles. The van der Waals surface area contributed by atoms with Gasteiger partial charge in [0.15, 0.2) is 12.6 Å². The van der Waals surface area contributed by atoms with Crippen LogP contribution >= 0.6 is 0 Å². The predicted octanol–water partition coefficient (Wildman–Crippen LogP) is 2.55. The summed E-state index contributed by atoms with van der Waals surface area (Å²) >= 11 is 0. The van der Waals surface area contributed by atoms with Gasteiger partial charge in [0.05, 0.1) is 42.5 Å². The second-order valence-corrected chi connectivity index (χ2v) is 16.0. The number of fused-ring (bicyclic) bond motifs is 2. The summed E-state index contributed by atoms with van der Waals surface area (Å²) < 4.78 is 44.5. The van der Waals surface area contributed by atoms with Crippen LogP contribution in [-0.2, 0) is 38.0 Å². The Bertz CT molecular complexity index is 1290. The Hall–Kier alpha value is -1.83. The maximum Gasteiger partial charge on any atom is 0.311 e. The highest BCUT2D eigenvalue weighted by Gasteiger charge is 2.56. The molecule has 4 aliphatic rings. The largest absolute Gasteiger partial charge is 0.489 e. The van der Waals surface area contributed by atoms with Crippen molar-refractivity contribution >= 4 is 5.97 Å². The molecule has 5 N–H and O–H groups in total. The summed E-state index contributed by atoms with van der Waals surface area (Å²) in [6.07, 6.45) is -2.43. The predicted molar refractivity (Wildman–Crippen MR) is 187 cm³/mol. The van der Waals surface area contributed by atoms with Crippen molar-refractivity contribution in [2.24, 2.45) is 17.8 Å². The highest BCUT2D eigenvalue weighted by Crippen LogP contribution is 2.47. The molecular weight excluding hydrogens is 662 g/mol. The van der Waals surface area contributed by atoms with E-state index in [1.165, 1.54) is 14.0 Å². The summed E-state index contributed by atoms with van der Waals surface area (Å²) in [5.74, 6) is 0.128. The zero-order valence-electron chi connectivity index (χ0n) is 32.3. The lowest BCUT2D eigenvalue weighted by atomic mass is 9.78. The van der Waals surface area contributed by atoms with Crippen molar-refractivity contribution in [2.45, 2.75) is 179 Å². The number of aliphatic hydroxyl groups is 4. The molecule has 3 saturated heterocycles. The molecule has 13 heteroatoms. The van der Waals surface area contributed by atoms with E-state index in [0.717, 1.165) is 5.57 Å². The smallest absolute Gasteiger partial charge is 0.311 e. The first-order valence-electron chi connectivity index (χ1n) is 18.4. The van der Waals surface area contributed by atoms with Gasteiger partial charge in [0, 0.05) is 37.8 Å². The molecule has 2 bridgehead atoms. The molecule has 51 heavy (non-hydrogen) atoms. The highest BCUT2D eigenvalue weighted by molar-refractivity contribution is 5.73. The van der Waals surface area contributed by atoms with Gasteiger partial charge in [0.1, 0.15) is 41.4 Å². The first-order valence-corrected chi connectivity index (χ1v) is 18.4. The fourth-order valence-electron chi connectivity index (χ4n) is 8.63. The number of terminal acetylenes is 1. The third kappa shape index (κ3) is 8.46. The van der Waals surface area contributed by atoms with E-state index in [1.807, 2.05) is 27.7 Å². The van der Waals surface area contributed by atoms with Crippen molar-refractivity contribution in [3.05, 3.63) is 11.3 Å². The number of nitrogens with one attached hydrogen (secondary N) is 1. The van der Waals surface area contributed by atoms with Crippen LogP contribution in [-0.4, -0.2) is 124 Å². The van der Waals surface area contributed by atoms with Crippen molar-refractivity contribution in [3.63, 3.8) is 0 Å². The molecule has 0 saturated carbocycles. The van der Waals surface area contributed by atoms with Gasteiger partial charge in [-0.1, -0.05) is 26.7 Å². The van der Waals surface area contributed by atoms with Gasteiger partial charge in [-0.25, -0.2) is 0 Å². The number of aliphatic hydroxyl groups excluding tert-OH is 3. The van der Waals surface area contributed by atoms with Crippen LogP contribution < -0.4 is 5.32 Å². The number of rotatable bonds is 8. The van der Waals surface area contributed by atoms with E-state index >= 15 is 0 Å². The lowest BCUT2D eigenvalue weighted by Gasteiger charge is -2.48. The molecule has 3 fully saturated rings. The molecule has 0 radical (unpaired) electrons. The molecule has 0 aromatic heterocycles. The Labute approximate surface area is 303 Å². The Kier molecular flexibility index (Phi) is 13.4. The highest BCUT2D eigenvalue weighted by atomic mass is 16.7. The van der Waals surface area contributed by atoms with Crippen LogP contribution in [0.3, 0.4) is 0 Å². The zero-order chi connectivity index (χ0) is 38.2. The lowest BCUT2D eigenvalue weighted by molar-refractivity contribution is -0.315. The van der Waals surface area contributed by atoms with Crippen LogP contribution in [0.1, 0.15) is 94.9 Å². The number of methoxy groups -OCH3 is 1. The van der Waals surface area contributed by atoms with Crippen molar-refractivity contribution in [3.8, 4) is 12.3 Å². The quantitative estimate of drug-likeness (QED) is 0.183. The average Bonchev–Trinajstić information content (AvgIpc) is 3.40. The number of ether oxygens (including phenoxy) is 7. The summed E-state index contributed by atoms with van der Waals surface area (Å²) in [4.78, 5) is 14.1. The second-order valence-electron chi connectivity index (χ2n) is 16.0. The Morgan fingerprint density at radius 3 is 2.29 bits per heavy atom. The lowest BCUT2D eigenvalue weighted by Crippen LogP contribution is -2.60. The first-order chi connectivity index (χ1) is 23.7. The van der Waals surface area contributed by atoms with Crippen LogP contribution in [0.4, 0.5) is 0 Å². The minimum Gasteiger partial charge on any atom is -0.489 e. The van der Waals surface area contributed by atoms with Gasteiger partial charge in [-0.15, -0.1) is 6.42 Å². The fourth-order valence-corrected chi connectivity index (χ4v) is 8.63. The van der Waals surface area contributed by atoms with Crippen molar-refractivity contribution in [2.75, 3.05) is 13.7 Å². The molecule has 13 nitrogen and oxygen atoms in total. The van der Waals surface area contributed by atoms with E-state index in [2.05, 4.69) is 11.2 Å². The number of hydrogen-bond donors (Lipinski definition) is 5. The Morgan fingerprint density at radius 1 is 1.02 bits per heavy atom. The first kappa shape index (κ1) is 41.9. The Balaban J connectivity index is 1.83. The number of carbonyl (C=O) groups is 1. The molecule has 0 aromatic rings. The topological polar surface area (TPSA) is 175 Å². The van der Waals surface area contributed by atoms with Crippen LogP contribution in [0.15, 0.2) is 11.3 Å². The van der Waals surface area contributed by atoms with E-state index in [4.69, 9.17) is 39.6 Å². The molecule has 0 spiro atoms. The Morgan fingerprint density at radius 2 is 1.69 bits per heavy atom. The summed E-state index contributed by atoms with van der Waals surface area (Å²) in [5.41, 5.74) is -3.08. The fraction of sp³-hybridized carbons (Fsp3) is 0.868.